The van der Waals surface area contributed by atoms with E-state index in [9.17, 15) is 18.0 Å². The third kappa shape index (κ3) is 7.80. The predicted molar refractivity (Wildman–Crippen MR) is 43.8 cm³/mol. The third-order valence-corrected chi connectivity index (χ3v) is 1.16. The first kappa shape index (κ1) is 13.8. The molecule has 0 amide bonds. The predicted octanol–water partition coefficient (Wildman–Crippen LogP) is 1.00. The minimum absolute atomic E-state index is 0.0378. The van der Waals surface area contributed by atoms with Crippen molar-refractivity contribution in [3.63, 3.8) is 0 Å². The number of carbonyl (C=O) groups excluding carboxylic acids is 1. The van der Waals surface area contributed by atoms with Gasteiger partial charge in [0.05, 0.1) is 18.4 Å². The summed E-state index contributed by atoms with van der Waals surface area (Å²) in [5, 5.41) is 8.31. The Hall–Kier alpha value is -1.24. The molecular formula is C8H11F3O4. The van der Waals surface area contributed by atoms with Crippen molar-refractivity contribution in [2.45, 2.75) is 13.1 Å². The van der Waals surface area contributed by atoms with E-state index < -0.39 is 18.8 Å². The quantitative estimate of drug-likeness (QED) is 0.330. The molecule has 15 heavy (non-hydrogen) atoms. The molecule has 0 aromatic rings. The fourth-order valence-corrected chi connectivity index (χ4v) is 0.546. The lowest BCUT2D eigenvalue weighted by Gasteiger charge is -2.07. The molecule has 0 aromatic heterocycles. The average Bonchev–Trinajstić information content (AvgIpc) is 2.13. The van der Waals surface area contributed by atoms with E-state index in [4.69, 9.17) is 5.11 Å². The molecule has 1 N–H and O–H groups in total. The summed E-state index contributed by atoms with van der Waals surface area (Å²) in [6.07, 6.45) is -3.60. The van der Waals surface area contributed by atoms with Gasteiger partial charge in [-0.15, -0.1) is 0 Å². The van der Waals surface area contributed by atoms with E-state index in [0.29, 0.717) is 0 Å². The second-order valence-electron chi connectivity index (χ2n) is 2.59. The third-order valence-electron chi connectivity index (χ3n) is 1.16. The molecule has 0 aliphatic carbocycles. The molecule has 0 heterocycles. The molecule has 0 saturated heterocycles. The minimum Gasteiger partial charge on any atom is -0.498 e. The van der Waals surface area contributed by atoms with Crippen molar-refractivity contribution in [1.82, 2.24) is 0 Å². The molecule has 0 aliphatic rings. The normalized spacial score (nSPS) is 12.5. The van der Waals surface area contributed by atoms with Crippen LogP contribution < -0.4 is 0 Å². The standard InChI is InChI=1S/C8H11F3O4/c1-6(4-14-3-2-12)7(13)15-5-8(9,10)11/h4,12H,2-3,5H2,1H3. The highest BCUT2D eigenvalue weighted by molar-refractivity contribution is 5.87. The van der Waals surface area contributed by atoms with E-state index >= 15 is 0 Å². The van der Waals surface area contributed by atoms with Crippen LogP contribution in [0.15, 0.2) is 11.8 Å². The second-order valence-corrected chi connectivity index (χ2v) is 2.59. The van der Waals surface area contributed by atoms with Crippen molar-refractivity contribution in [2.24, 2.45) is 0 Å². The van der Waals surface area contributed by atoms with Gasteiger partial charge >= 0.3 is 12.1 Å². The van der Waals surface area contributed by atoms with Gasteiger partial charge in [0.1, 0.15) is 6.61 Å². The van der Waals surface area contributed by atoms with Crippen LogP contribution in [0.2, 0.25) is 0 Å². The zero-order valence-corrected chi connectivity index (χ0v) is 8.00. The Labute approximate surface area is 84.3 Å². The van der Waals surface area contributed by atoms with Gasteiger partial charge in [-0.2, -0.15) is 13.2 Å². The lowest BCUT2D eigenvalue weighted by molar-refractivity contribution is -0.183. The number of halogens is 3. The summed E-state index contributed by atoms with van der Waals surface area (Å²) in [5.74, 6) is -1.11. The lowest BCUT2D eigenvalue weighted by Crippen LogP contribution is -2.20. The van der Waals surface area contributed by atoms with Gasteiger partial charge in [0.15, 0.2) is 6.61 Å². The van der Waals surface area contributed by atoms with Gasteiger partial charge in [0.25, 0.3) is 0 Å². The van der Waals surface area contributed by atoms with Crippen molar-refractivity contribution < 1.29 is 32.5 Å². The summed E-state index contributed by atoms with van der Waals surface area (Å²) in [7, 11) is 0. The van der Waals surface area contributed by atoms with Gasteiger partial charge in [-0.05, 0) is 6.92 Å². The number of carbonyl (C=O) groups is 1. The summed E-state index contributed by atoms with van der Waals surface area (Å²) >= 11 is 0. The molecule has 0 rings (SSSR count). The maximum atomic E-state index is 11.6. The van der Waals surface area contributed by atoms with E-state index in [2.05, 4.69) is 9.47 Å². The summed E-state index contributed by atoms with van der Waals surface area (Å²) < 4.78 is 43.4. The number of aliphatic hydroxyl groups is 1. The van der Waals surface area contributed by atoms with Crippen molar-refractivity contribution in [2.75, 3.05) is 19.8 Å². The van der Waals surface area contributed by atoms with Crippen LogP contribution in [0.25, 0.3) is 0 Å². The molecule has 0 unspecified atom stereocenters. The number of hydrogen-bond donors (Lipinski definition) is 1. The smallest absolute Gasteiger partial charge is 0.422 e. The SMILES string of the molecule is CC(=COCCO)C(=O)OCC(F)(F)F. The molecule has 88 valence electrons. The van der Waals surface area contributed by atoms with Crippen LogP contribution in [-0.2, 0) is 14.3 Å². The highest BCUT2D eigenvalue weighted by atomic mass is 19.4. The molecule has 0 radical (unpaired) electrons. The van der Waals surface area contributed by atoms with Crippen LogP contribution in [0.3, 0.4) is 0 Å². The van der Waals surface area contributed by atoms with Gasteiger partial charge in [0.2, 0.25) is 0 Å². The molecule has 0 spiro atoms. The maximum Gasteiger partial charge on any atom is 0.422 e. The van der Waals surface area contributed by atoms with Gasteiger partial charge in [-0.25, -0.2) is 4.79 Å². The summed E-state index contributed by atoms with van der Waals surface area (Å²) in [4.78, 5) is 10.9. The van der Waals surface area contributed by atoms with E-state index in [1.807, 2.05) is 0 Å². The van der Waals surface area contributed by atoms with Gasteiger partial charge in [-0.1, -0.05) is 0 Å². The average molecular weight is 228 g/mol. The fraction of sp³-hybridized carbons (Fsp3) is 0.625. The zero-order chi connectivity index (χ0) is 11.9. The van der Waals surface area contributed by atoms with Crippen molar-refractivity contribution in [1.29, 1.82) is 0 Å². The largest absolute Gasteiger partial charge is 0.498 e. The molecule has 0 aliphatic heterocycles. The van der Waals surface area contributed by atoms with Gasteiger partial charge in [-0.3, -0.25) is 0 Å². The van der Waals surface area contributed by atoms with E-state index in [-0.39, 0.29) is 18.8 Å². The van der Waals surface area contributed by atoms with Crippen LogP contribution >= 0.6 is 0 Å². The Balaban J connectivity index is 3.94. The van der Waals surface area contributed by atoms with Crippen LogP contribution in [0.5, 0.6) is 0 Å². The zero-order valence-electron chi connectivity index (χ0n) is 8.00. The number of alkyl halides is 3. The summed E-state index contributed by atoms with van der Waals surface area (Å²) in [6, 6.07) is 0. The van der Waals surface area contributed by atoms with E-state index in [0.717, 1.165) is 6.26 Å². The first-order valence-corrected chi connectivity index (χ1v) is 4.00. The number of rotatable bonds is 5. The van der Waals surface area contributed by atoms with Gasteiger partial charge < -0.3 is 14.6 Å². The number of ether oxygens (including phenoxy) is 2. The first-order chi connectivity index (χ1) is 6.87. The van der Waals surface area contributed by atoms with Gasteiger partial charge in [0, 0.05) is 0 Å². The Morgan fingerprint density at radius 3 is 2.53 bits per heavy atom. The molecule has 0 atom stereocenters. The second kappa shape index (κ2) is 6.28. The van der Waals surface area contributed by atoms with Crippen LogP contribution in [-0.4, -0.2) is 37.1 Å². The highest BCUT2D eigenvalue weighted by Gasteiger charge is 2.29. The Kier molecular flexibility index (Phi) is 5.76. The van der Waals surface area contributed by atoms with E-state index in [1.165, 1.54) is 6.92 Å². The molecule has 0 aromatic carbocycles. The number of esters is 1. The highest BCUT2D eigenvalue weighted by Crippen LogP contribution is 2.15. The van der Waals surface area contributed by atoms with E-state index in [1.54, 1.807) is 0 Å². The Morgan fingerprint density at radius 1 is 1.47 bits per heavy atom. The molecule has 0 bridgehead atoms. The topological polar surface area (TPSA) is 55.8 Å². The molecule has 4 nitrogen and oxygen atoms in total. The molecule has 7 heteroatoms. The molecule has 0 fully saturated rings. The fourth-order valence-electron chi connectivity index (χ4n) is 0.546. The lowest BCUT2D eigenvalue weighted by atomic mass is 10.3. The minimum atomic E-state index is -4.54. The van der Waals surface area contributed by atoms with Crippen molar-refractivity contribution >= 4 is 5.97 Å². The van der Waals surface area contributed by atoms with Crippen LogP contribution in [0, 0.1) is 0 Å². The Morgan fingerprint density at radius 2 is 2.07 bits per heavy atom. The summed E-state index contributed by atoms with van der Waals surface area (Å²) in [6.45, 7) is -0.668. The summed E-state index contributed by atoms with van der Waals surface area (Å²) in [5.41, 5.74) is -0.104. The van der Waals surface area contributed by atoms with Crippen molar-refractivity contribution in [3.8, 4) is 0 Å². The maximum absolute atomic E-state index is 11.6. The van der Waals surface area contributed by atoms with Crippen LogP contribution in [0.1, 0.15) is 6.92 Å². The first-order valence-electron chi connectivity index (χ1n) is 4.00. The molecular weight excluding hydrogens is 217 g/mol. The monoisotopic (exact) mass is 228 g/mol. The molecule has 0 saturated carbocycles. The number of hydrogen-bond acceptors (Lipinski definition) is 4. The number of aliphatic hydroxyl groups excluding tert-OH is 1. The van der Waals surface area contributed by atoms with Crippen molar-refractivity contribution in [3.05, 3.63) is 11.8 Å². The van der Waals surface area contributed by atoms with Crippen LogP contribution in [0.4, 0.5) is 13.2 Å². The Bertz CT molecular complexity index is 235.